The zero-order chi connectivity index (χ0) is 21.5. The highest BCUT2D eigenvalue weighted by Gasteiger charge is 2.31. The highest BCUT2D eigenvalue weighted by atomic mass is 32.1. The lowest BCUT2D eigenvalue weighted by Gasteiger charge is -2.15. The van der Waals surface area contributed by atoms with Gasteiger partial charge >= 0.3 is 0 Å². The second-order valence-electron chi connectivity index (χ2n) is 7.77. The molecule has 1 amide bonds. The van der Waals surface area contributed by atoms with Gasteiger partial charge in [0.05, 0.1) is 11.4 Å². The fourth-order valence-corrected chi connectivity index (χ4v) is 4.93. The summed E-state index contributed by atoms with van der Waals surface area (Å²) in [6.45, 7) is 1.81. The van der Waals surface area contributed by atoms with E-state index in [1.54, 1.807) is 6.07 Å². The van der Waals surface area contributed by atoms with Crippen LogP contribution < -0.4 is 14.8 Å². The van der Waals surface area contributed by atoms with Crippen molar-refractivity contribution in [1.82, 2.24) is 5.32 Å². The lowest BCUT2D eigenvalue weighted by atomic mass is 10.0. The molecular weight excluding hydrogens is 417 g/mol. The van der Waals surface area contributed by atoms with E-state index in [9.17, 15) is 14.0 Å². The number of carbonyl (C=O) groups is 2. The molecule has 0 fully saturated rings. The summed E-state index contributed by atoms with van der Waals surface area (Å²) in [5.74, 6) is 0.792. The average molecular weight is 437 g/mol. The summed E-state index contributed by atoms with van der Waals surface area (Å²) in [7, 11) is 0. The number of thiophene rings is 1. The predicted octanol–water partition coefficient (Wildman–Crippen LogP) is 4.18. The first-order valence-corrected chi connectivity index (χ1v) is 10.9. The maximum atomic E-state index is 14.2. The summed E-state index contributed by atoms with van der Waals surface area (Å²) in [6.07, 6.45) is 0.192. The van der Waals surface area contributed by atoms with E-state index < -0.39 is 6.10 Å². The SMILES string of the molecule is CC(=O)c1ccc(-c2cc(F)cc3c2OC(CNC(=O)C2Cc4ccccc4O2)C3)s1. The third kappa shape index (κ3) is 3.81. The molecule has 3 aromatic rings. The molecule has 2 unspecified atom stereocenters. The molecule has 158 valence electrons. The van der Waals surface area contributed by atoms with Gasteiger partial charge in [-0.15, -0.1) is 11.3 Å². The summed E-state index contributed by atoms with van der Waals surface area (Å²) in [4.78, 5) is 25.6. The Labute approximate surface area is 182 Å². The molecule has 0 saturated heterocycles. The largest absolute Gasteiger partial charge is 0.487 e. The Morgan fingerprint density at radius 3 is 2.71 bits per heavy atom. The quantitative estimate of drug-likeness (QED) is 0.609. The molecule has 1 aromatic heterocycles. The van der Waals surface area contributed by atoms with E-state index in [0.717, 1.165) is 21.8 Å². The van der Waals surface area contributed by atoms with E-state index in [2.05, 4.69) is 5.32 Å². The van der Waals surface area contributed by atoms with E-state index >= 15 is 0 Å². The fraction of sp³-hybridized carbons (Fsp3) is 0.250. The van der Waals surface area contributed by atoms with Gasteiger partial charge in [0, 0.05) is 28.8 Å². The molecule has 0 spiro atoms. The maximum Gasteiger partial charge on any atom is 0.261 e. The zero-order valence-electron chi connectivity index (χ0n) is 16.8. The molecule has 7 heteroatoms. The first-order chi connectivity index (χ1) is 15.0. The van der Waals surface area contributed by atoms with Crippen LogP contribution in [0.3, 0.4) is 0 Å². The molecule has 1 N–H and O–H groups in total. The number of rotatable bonds is 5. The highest BCUT2D eigenvalue weighted by Crippen LogP contribution is 2.42. The molecule has 5 nitrogen and oxygen atoms in total. The van der Waals surface area contributed by atoms with Crippen molar-refractivity contribution in [3.05, 3.63) is 70.4 Å². The number of fused-ring (bicyclic) bond motifs is 2. The fourth-order valence-electron chi connectivity index (χ4n) is 4.02. The number of carbonyl (C=O) groups excluding carboxylic acids is 2. The summed E-state index contributed by atoms with van der Waals surface area (Å²) in [5, 5.41) is 2.90. The normalized spacial score (nSPS) is 18.6. The van der Waals surface area contributed by atoms with Crippen LogP contribution in [0.4, 0.5) is 4.39 Å². The maximum absolute atomic E-state index is 14.2. The van der Waals surface area contributed by atoms with Gasteiger partial charge in [-0.05, 0) is 42.8 Å². The number of halogens is 1. The molecule has 31 heavy (non-hydrogen) atoms. The van der Waals surface area contributed by atoms with Gasteiger partial charge in [-0.3, -0.25) is 9.59 Å². The molecule has 0 radical (unpaired) electrons. The minimum Gasteiger partial charge on any atom is -0.487 e. The molecular formula is C24H20FNO4S. The average Bonchev–Trinajstić information content (AvgIpc) is 3.48. The Balaban J connectivity index is 1.26. The number of hydrogen-bond acceptors (Lipinski definition) is 5. The topological polar surface area (TPSA) is 64.6 Å². The van der Waals surface area contributed by atoms with Crippen molar-refractivity contribution >= 4 is 23.0 Å². The minimum absolute atomic E-state index is 0.0258. The van der Waals surface area contributed by atoms with Gasteiger partial charge < -0.3 is 14.8 Å². The van der Waals surface area contributed by atoms with E-state index in [4.69, 9.17) is 9.47 Å². The van der Waals surface area contributed by atoms with Gasteiger partial charge in [0.2, 0.25) is 0 Å². The van der Waals surface area contributed by atoms with Gasteiger partial charge in [-0.1, -0.05) is 18.2 Å². The third-order valence-corrected chi connectivity index (χ3v) is 6.74. The highest BCUT2D eigenvalue weighted by molar-refractivity contribution is 7.17. The summed E-state index contributed by atoms with van der Waals surface area (Å²) >= 11 is 1.32. The number of amides is 1. The first kappa shape index (κ1) is 19.8. The Morgan fingerprint density at radius 2 is 1.94 bits per heavy atom. The van der Waals surface area contributed by atoms with Crippen LogP contribution in [0.15, 0.2) is 48.5 Å². The summed E-state index contributed by atoms with van der Waals surface area (Å²) in [5.41, 5.74) is 2.42. The van der Waals surface area contributed by atoms with Crippen molar-refractivity contribution in [2.24, 2.45) is 0 Å². The Bertz CT molecular complexity index is 1160. The monoisotopic (exact) mass is 437 g/mol. The standard InChI is InChI=1S/C24H20FNO4S/c1-13(27)21-6-7-22(31-21)18-11-16(25)8-15-9-17(29-23(15)18)12-26-24(28)20-10-14-4-2-3-5-19(14)30-20/h2-8,11,17,20H,9-10,12H2,1H3,(H,26,28). The number of hydrogen-bond donors (Lipinski definition) is 1. The molecule has 0 bridgehead atoms. The second kappa shape index (κ2) is 7.81. The Hall–Kier alpha value is -3.19. The van der Waals surface area contributed by atoms with Gasteiger partial charge in [-0.25, -0.2) is 4.39 Å². The van der Waals surface area contributed by atoms with E-state index in [1.165, 1.54) is 30.4 Å². The molecule has 5 rings (SSSR count). The molecule has 2 atom stereocenters. The van der Waals surface area contributed by atoms with Crippen molar-refractivity contribution < 1.29 is 23.5 Å². The van der Waals surface area contributed by atoms with Crippen molar-refractivity contribution in [1.29, 1.82) is 0 Å². The van der Waals surface area contributed by atoms with Crippen LogP contribution in [-0.4, -0.2) is 30.4 Å². The lowest BCUT2D eigenvalue weighted by Crippen LogP contribution is -2.42. The number of ketones is 1. The third-order valence-electron chi connectivity index (χ3n) is 5.52. The molecule has 2 aliphatic heterocycles. The first-order valence-electron chi connectivity index (χ1n) is 10.1. The van der Waals surface area contributed by atoms with Gasteiger partial charge in [0.15, 0.2) is 11.9 Å². The molecule has 0 aliphatic carbocycles. The number of Topliss-reactive ketones (excluding diaryl/α,β-unsaturated/α-hetero) is 1. The molecule has 0 saturated carbocycles. The number of nitrogens with one attached hydrogen (secondary N) is 1. The van der Waals surface area contributed by atoms with Gasteiger partial charge in [0.1, 0.15) is 23.4 Å². The Morgan fingerprint density at radius 1 is 1.10 bits per heavy atom. The van der Waals surface area contributed by atoms with Crippen LogP contribution in [0.25, 0.3) is 10.4 Å². The number of benzene rings is 2. The summed E-state index contributed by atoms with van der Waals surface area (Å²) in [6, 6.07) is 14.1. The Kier molecular flexibility index (Phi) is 4.98. The minimum atomic E-state index is -0.551. The molecule has 3 heterocycles. The van der Waals surface area contributed by atoms with Crippen molar-refractivity contribution in [3.63, 3.8) is 0 Å². The van der Waals surface area contributed by atoms with Crippen LogP contribution >= 0.6 is 11.3 Å². The van der Waals surface area contributed by atoms with E-state index in [1.807, 2.05) is 30.3 Å². The molecule has 2 aromatic carbocycles. The van der Waals surface area contributed by atoms with Crippen LogP contribution in [0, 0.1) is 5.82 Å². The van der Waals surface area contributed by atoms with Crippen LogP contribution in [0.1, 0.15) is 27.7 Å². The molecule has 2 aliphatic rings. The van der Waals surface area contributed by atoms with Crippen LogP contribution in [-0.2, 0) is 17.6 Å². The number of para-hydroxylation sites is 1. The summed E-state index contributed by atoms with van der Waals surface area (Å²) < 4.78 is 26.1. The van der Waals surface area contributed by atoms with Gasteiger partial charge in [0.25, 0.3) is 5.91 Å². The van der Waals surface area contributed by atoms with Crippen LogP contribution in [0.5, 0.6) is 11.5 Å². The van der Waals surface area contributed by atoms with Crippen molar-refractivity contribution in [2.75, 3.05) is 6.54 Å². The number of ether oxygens (including phenoxy) is 2. The zero-order valence-corrected chi connectivity index (χ0v) is 17.6. The predicted molar refractivity (Wildman–Crippen MR) is 115 cm³/mol. The van der Waals surface area contributed by atoms with E-state index in [0.29, 0.717) is 35.6 Å². The second-order valence-corrected chi connectivity index (χ2v) is 8.85. The van der Waals surface area contributed by atoms with E-state index in [-0.39, 0.29) is 23.6 Å². The van der Waals surface area contributed by atoms with Crippen molar-refractivity contribution in [3.8, 4) is 21.9 Å². The van der Waals surface area contributed by atoms with Gasteiger partial charge in [-0.2, -0.15) is 0 Å². The smallest absolute Gasteiger partial charge is 0.261 e. The van der Waals surface area contributed by atoms with Crippen molar-refractivity contribution in [2.45, 2.75) is 32.0 Å². The van der Waals surface area contributed by atoms with Crippen LogP contribution in [0.2, 0.25) is 0 Å². The lowest BCUT2D eigenvalue weighted by molar-refractivity contribution is -0.127.